The van der Waals surface area contributed by atoms with E-state index in [1.165, 1.54) is 85.7 Å². The van der Waals surface area contributed by atoms with E-state index in [0.717, 1.165) is 26.3 Å². The summed E-state index contributed by atoms with van der Waals surface area (Å²) in [5.74, 6) is -3.30. The zero-order chi connectivity index (χ0) is 59.8. The number of rotatable bonds is 22. The number of aromatic nitrogens is 4. The molecule has 2 unspecified atom stereocenters. The van der Waals surface area contributed by atoms with Crippen LogP contribution in [0.15, 0.2) is 60.7 Å². The number of alkyl halides is 6. The molecule has 0 bridgehead atoms. The van der Waals surface area contributed by atoms with Crippen LogP contribution >= 0.6 is 0 Å². The number of nitrogens with zero attached hydrogens (tertiary/aromatic N) is 6. The maximum absolute atomic E-state index is 15.6. The van der Waals surface area contributed by atoms with E-state index in [4.69, 9.17) is 28.4 Å². The summed E-state index contributed by atoms with van der Waals surface area (Å²) in [7, 11) is 1.66. The third kappa shape index (κ3) is 14.2. The van der Waals surface area contributed by atoms with Crippen molar-refractivity contribution in [2.24, 2.45) is 0 Å². The van der Waals surface area contributed by atoms with E-state index in [0.29, 0.717) is 29.9 Å². The summed E-state index contributed by atoms with van der Waals surface area (Å²) in [6.07, 6.45) is -10.3. The number of imidazole rings is 2. The van der Waals surface area contributed by atoms with Crippen LogP contribution in [0.2, 0.25) is 51.4 Å². The molecule has 0 radical (unpaired) electrons. The van der Waals surface area contributed by atoms with Gasteiger partial charge in [0.05, 0.1) is 73.8 Å². The largest absolute Gasteiger partial charge is 0.496 e. The summed E-state index contributed by atoms with van der Waals surface area (Å²) < 4.78 is 139. The van der Waals surface area contributed by atoms with E-state index in [1.807, 2.05) is 12.1 Å². The second-order valence-electron chi connectivity index (χ2n) is 21.5. The molecule has 4 aromatic carbocycles. The molecular formula is C56H68F6N6O10Si2. The maximum Gasteiger partial charge on any atom is 0.429 e. The number of carbonyl (C=O) groups is 2. The first-order valence-corrected chi connectivity index (χ1v) is 32.6. The highest BCUT2D eigenvalue weighted by Gasteiger charge is 2.65. The van der Waals surface area contributed by atoms with Crippen LogP contribution in [0.3, 0.4) is 0 Å². The normalized spacial score (nSPS) is 13.6. The Bertz CT molecular complexity index is 3180. The predicted molar refractivity (Wildman–Crippen MR) is 292 cm³/mol. The Balaban J connectivity index is 0.000000294. The molecule has 80 heavy (non-hydrogen) atoms. The molecule has 0 fully saturated rings. The minimum Gasteiger partial charge on any atom is -0.496 e. The molecule has 0 spiro atoms. The van der Waals surface area contributed by atoms with Gasteiger partial charge in [0.15, 0.2) is 11.6 Å². The quantitative estimate of drug-likeness (QED) is 0.0270. The van der Waals surface area contributed by atoms with Crippen LogP contribution in [0.5, 0.6) is 11.5 Å². The fraction of sp³-hybridized carbons (Fsp3) is 0.464. The van der Waals surface area contributed by atoms with Crippen molar-refractivity contribution in [3.8, 4) is 23.6 Å². The number of carbonyl (C=O) groups excluding carboxylic acids is 2. The van der Waals surface area contributed by atoms with Gasteiger partial charge in [-0.05, 0) is 111 Å². The minimum atomic E-state index is -5.14. The molecule has 6 aromatic rings. The number of halogens is 6. The van der Waals surface area contributed by atoms with Gasteiger partial charge in [-0.15, -0.1) is 0 Å². The van der Waals surface area contributed by atoms with Crippen LogP contribution in [0.4, 0.5) is 26.3 Å². The third-order valence-corrected chi connectivity index (χ3v) is 16.3. The van der Waals surface area contributed by atoms with E-state index >= 15 is 26.3 Å². The summed E-state index contributed by atoms with van der Waals surface area (Å²) >= 11 is 0. The monoisotopic (exact) mass is 1150 g/mol. The predicted octanol–water partition coefficient (Wildman–Crippen LogP) is 11.7. The van der Waals surface area contributed by atoms with Crippen LogP contribution < -0.4 is 9.47 Å². The molecular weight excluding hydrogens is 1090 g/mol. The van der Waals surface area contributed by atoms with E-state index < -0.39 is 76.5 Å². The fourth-order valence-electron chi connectivity index (χ4n) is 8.99. The van der Waals surface area contributed by atoms with Gasteiger partial charge >= 0.3 is 24.3 Å². The van der Waals surface area contributed by atoms with Crippen LogP contribution in [-0.2, 0) is 62.7 Å². The first kappa shape index (κ1) is 64.0. The summed E-state index contributed by atoms with van der Waals surface area (Å²) in [6, 6.07) is 20.5. The molecule has 0 aliphatic heterocycles. The molecule has 24 heteroatoms. The van der Waals surface area contributed by atoms with Gasteiger partial charge < -0.3 is 47.0 Å². The zero-order valence-corrected chi connectivity index (χ0v) is 49.5. The molecule has 432 valence electrons. The van der Waals surface area contributed by atoms with Crippen molar-refractivity contribution < 1.29 is 73.8 Å². The highest BCUT2D eigenvalue weighted by atomic mass is 28.3. The lowest BCUT2D eigenvalue weighted by molar-refractivity contribution is -0.271. The average Bonchev–Trinajstić information content (AvgIpc) is 3.98. The number of fused-ring (bicyclic) bond motifs is 2. The van der Waals surface area contributed by atoms with Crippen molar-refractivity contribution in [1.29, 1.82) is 10.5 Å². The molecule has 0 aliphatic rings. The van der Waals surface area contributed by atoms with Gasteiger partial charge in [-0.1, -0.05) is 51.4 Å². The fourth-order valence-corrected chi connectivity index (χ4v) is 10.5. The molecule has 6 rings (SSSR count). The van der Waals surface area contributed by atoms with Crippen molar-refractivity contribution in [2.45, 2.75) is 116 Å². The van der Waals surface area contributed by atoms with Gasteiger partial charge in [-0.3, -0.25) is 0 Å². The van der Waals surface area contributed by atoms with Crippen LogP contribution in [-0.4, -0.2) is 114 Å². The number of aryl methyl sites for hydroxylation is 4. The summed E-state index contributed by atoms with van der Waals surface area (Å²) in [5, 5.41) is 18.9. The maximum atomic E-state index is 15.6. The Labute approximate surface area is 463 Å². The van der Waals surface area contributed by atoms with Gasteiger partial charge in [-0.2, -0.15) is 36.9 Å². The molecule has 0 saturated carbocycles. The lowest BCUT2D eigenvalue weighted by Crippen LogP contribution is -2.49. The summed E-state index contributed by atoms with van der Waals surface area (Å²) in [6.45, 7) is 17.5. The van der Waals surface area contributed by atoms with Gasteiger partial charge in [0.25, 0.3) is 11.2 Å². The number of methoxy groups -OCH3 is 4. The lowest BCUT2D eigenvalue weighted by Gasteiger charge is -2.37. The number of hydrogen-bond donors (Lipinski definition) is 0. The Morgan fingerprint density at radius 2 is 0.963 bits per heavy atom. The van der Waals surface area contributed by atoms with Crippen molar-refractivity contribution in [1.82, 2.24) is 19.1 Å². The van der Waals surface area contributed by atoms with Crippen LogP contribution in [0.1, 0.15) is 56.2 Å². The van der Waals surface area contributed by atoms with Crippen molar-refractivity contribution >= 4 is 50.2 Å². The highest BCUT2D eigenvalue weighted by molar-refractivity contribution is 6.76. The molecule has 2 aromatic heterocycles. The number of nitriles is 2. The first-order chi connectivity index (χ1) is 37.4. The van der Waals surface area contributed by atoms with E-state index in [9.17, 15) is 20.1 Å². The number of benzene rings is 4. The minimum absolute atomic E-state index is 0.0874. The lowest BCUT2D eigenvalue weighted by atomic mass is 9.86. The number of hydrogen-bond acceptors (Lipinski definition) is 14. The van der Waals surface area contributed by atoms with Crippen LogP contribution in [0, 0.1) is 50.4 Å². The van der Waals surface area contributed by atoms with Crippen molar-refractivity contribution in [2.75, 3.05) is 54.9 Å². The Morgan fingerprint density at radius 3 is 1.35 bits per heavy atom. The second kappa shape index (κ2) is 25.8. The Kier molecular flexibility index (Phi) is 20.6. The molecule has 16 nitrogen and oxygen atoms in total. The van der Waals surface area contributed by atoms with E-state index in [1.54, 1.807) is 26.0 Å². The topological polar surface area (TPSA) is 191 Å². The molecule has 0 N–H and O–H groups in total. The van der Waals surface area contributed by atoms with Gasteiger partial charge in [0.2, 0.25) is 0 Å². The summed E-state index contributed by atoms with van der Waals surface area (Å²) in [5.41, 5.74) is -4.10. The Hall–Kier alpha value is -6.81. The number of esters is 2. The average molecular weight is 1160 g/mol. The highest BCUT2D eigenvalue weighted by Crippen LogP contribution is 2.54. The van der Waals surface area contributed by atoms with Gasteiger partial charge in [0.1, 0.15) is 38.2 Å². The van der Waals surface area contributed by atoms with E-state index in [-0.39, 0.29) is 74.9 Å². The molecule has 2 atom stereocenters. The van der Waals surface area contributed by atoms with E-state index in [2.05, 4.69) is 58.7 Å². The van der Waals surface area contributed by atoms with Crippen molar-refractivity contribution in [3.05, 3.63) is 117 Å². The zero-order valence-electron chi connectivity index (χ0n) is 47.5. The van der Waals surface area contributed by atoms with Crippen LogP contribution in [0.25, 0.3) is 22.1 Å². The molecule has 2 heterocycles. The second-order valence-corrected chi connectivity index (χ2v) is 32.7. The SMILES string of the molecule is COC(=O)COC(c1c(C)cc(C)cc1OC)(c1nc2cc(C#N)ccc2n1COCC[Si](C)(C)C)C(F)(F)F.COC(=O)COC(c1c(C)cc(C)cc1OC)(c1nc2ccc(C#N)cc2n1COCC[Si](C)(C)C)C(F)(F)F. The summed E-state index contributed by atoms with van der Waals surface area (Å²) in [4.78, 5) is 33.1. The standard InChI is InChI=1S/2C28H34F3N3O5Si/c1-18-12-19(2)25(23(13-18)36-3)27(28(29,30)31,39-16-24(35)37-4)26-33-21-14-20(15-32)8-9-22(21)34(26)17-38-10-11-40(5,6)7;1-18-12-19(2)25(23(13-18)36-3)27(28(29,30)31,39-16-24(35)37-4)26-33-21-9-8-20(15-32)14-22(21)34(26)17-38-10-11-40(5,6)7/h2*8-9,12-14H,10-11,16-17H2,1-7H3. The van der Waals surface area contributed by atoms with Gasteiger partial charge in [0, 0.05) is 40.5 Å². The Morgan fingerprint density at radius 1 is 0.562 bits per heavy atom. The first-order valence-electron chi connectivity index (χ1n) is 25.2. The van der Waals surface area contributed by atoms with Crippen molar-refractivity contribution in [3.63, 3.8) is 0 Å². The molecule has 0 aliphatic carbocycles. The van der Waals surface area contributed by atoms with Gasteiger partial charge in [-0.25, -0.2) is 19.6 Å². The third-order valence-electron chi connectivity index (χ3n) is 12.9. The molecule has 0 amide bonds. The smallest absolute Gasteiger partial charge is 0.429 e. The number of ether oxygens (including phenoxy) is 8. The molecule has 0 saturated heterocycles.